The van der Waals surface area contributed by atoms with Crippen molar-refractivity contribution >= 4 is 5.91 Å². The van der Waals surface area contributed by atoms with E-state index in [1.54, 1.807) is 6.08 Å². The summed E-state index contributed by atoms with van der Waals surface area (Å²) in [6.07, 6.45) is 48.1. The molecule has 0 aliphatic carbocycles. The number of hydrogen-bond donors (Lipinski definition) is 6. The summed E-state index contributed by atoms with van der Waals surface area (Å²) in [5, 5.41) is 54.4. The van der Waals surface area contributed by atoms with E-state index in [4.69, 9.17) is 9.47 Å². The summed E-state index contributed by atoms with van der Waals surface area (Å²) in [6, 6.07) is -0.817. The van der Waals surface area contributed by atoms with Crippen LogP contribution in [0.15, 0.2) is 24.3 Å². The first-order valence-corrected chi connectivity index (χ1v) is 27.1. The maximum absolute atomic E-state index is 13.0. The van der Waals surface area contributed by atoms with Gasteiger partial charge in [0.2, 0.25) is 5.91 Å². The van der Waals surface area contributed by atoms with Gasteiger partial charge in [-0.25, -0.2) is 0 Å². The van der Waals surface area contributed by atoms with Gasteiger partial charge >= 0.3 is 0 Å². The predicted molar refractivity (Wildman–Crippen MR) is 263 cm³/mol. The van der Waals surface area contributed by atoms with Gasteiger partial charge in [0.05, 0.1) is 25.4 Å². The quantitative estimate of drug-likeness (QED) is 0.0261. The molecule has 6 N–H and O–H groups in total. The SMILES string of the molecule is CCCCCCCCCCCCCCCCCCCCC/C=C/CC/C=C/C(O)C(COC1OC(CO)C(O)C(O)C1O)NC(=O)CCCCCCCCCCCCCCCCC. The van der Waals surface area contributed by atoms with Crippen molar-refractivity contribution in [1.82, 2.24) is 5.32 Å². The van der Waals surface area contributed by atoms with Crippen molar-refractivity contribution in [2.45, 2.75) is 301 Å². The molecule has 372 valence electrons. The predicted octanol–water partition coefficient (Wildman–Crippen LogP) is 12.6. The van der Waals surface area contributed by atoms with Crippen molar-refractivity contribution < 1.29 is 39.8 Å². The van der Waals surface area contributed by atoms with Crippen molar-refractivity contribution in [2.24, 2.45) is 0 Å². The van der Waals surface area contributed by atoms with Crippen molar-refractivity contribution in [3.05, 3.63) is 24.3 Å². The smallest absolute Gasteiger partial charge is 0.220 e. The molecule has 9 nitrogen and oxygen atoms in total. The number of amides is 1. The van der Waals surface area contributed by atoms with Gasteiger partial charge in [-0.2, -0.15) is 0 Å². The van der Waals surface area contributed by atoms with Crippen LogP contribution in [0.2, 0.25) is 0 Å². The van der Waals surface area contributed by atoms with Crippen LogP contribution in [0.3, 0.4) is 0 Å². The second-order valence-corrected chi connectivity index (χ2v) is 19.0. The van der Waals surface area contributed by atoms with Gasteiger partial charge in [0.1, 0.15) is 24.4 Å². The van der Waals surface area contributed by atoms with E-state index >= 15 is 0 Å². The van der Waals surface area contributed by atoms with E-state index in [1.165, 1.54) is 199 Å². The molecule has 1 aliphatic rings. The van der Waals surface area contributed by atoms with Crippen LogP contribution in [0.4, 0.5) is 0 Å². The number of aliphatic hydroxyl groups excluding tert-OH is 5. The van der Waals surface area contributed by atoms with E-state index < -0.39 is 49.5 Å². The largest absolute Gasteiger partial charge is 0.394 e. The lowest BCUT2D eigenvalue weighted by atomic mass is 9.99. The Labute approximate surface area is 388 Å². The normalized spacial score (nSPS) is 20.3. The lowest BCUT2D eigenvalue weighted by Gasteiger charge is -2.40. The second kappa shape index (κ2) is 44.5. The lowest BCUT2D eigenvalue weighted by molar-refractivity contribution is -0.302. The molecule has 1 rings (SSSR count). The highest BCUT2D eigenvalue weighted by Gasteiger charge is 2.44. The Morgan fingerprint density at radius 2 is 0.905 bits per heavy atom. The Bertz CT molecular complexity index is 1040. The molecule has 1 amide bonds. The van der Waals surface area contributed by atoms with E-state index in [1.807, 2.05) is 6.08 Å². The Hall–Kier alpha value is -1.33. The zero-order chi connectivity index (χ0) is 45.9. The van der Waals surface area contributed by atoms with Gasteiger partial charge in [-0.15, -0.1) is 0 Å². The molecule has 0 spiro atoms. The molecule has 1 saturated heterocycles. The first-order valence-electron chi connectivity index (χ1n) is 27.1. The zero-order valence-electron chi connectivity index (χ0n) is 41.1. The Morgan fingerprint density at radius 1 is 0.524 bits per heavy atom. The highest BCUT2D eigenvalue weighted by molar-refractivity contribution is 5.76. The minimum atomic E-state index is -1.57. The van der Waals surface area contributed by atoms with Gasteiger partial charge in [0.25, 0.3) is 0 Å². The topological polar surface area (TPSA) is 149 Å². The molecular formula is C54H103NO8. The Balaban J connectivity index is 2.26. The second-order valence-electron chi connectivity index (χ2n) is 19.0. The number of allylic oxidation sites excluding steroid dienone is 3. The molecule has 1 fully saturated rings. The minimum absolute atomic E-state index is 0.183. The molecule has 1 aliphatic heterocycles. The average Bonchev–Trinajstić information content (AvgIpc) is 3.28. The van der Waals surface area contributed by atoms with Gasteiger partial charge in [-0.05, 0) is 32.1 Å². The molecule has 7 unspecified atom stereocenters. The molecule has 0 aromatic carbocycles. The van der Waals surface area contributed by atoms with Gasteiger partial charge in [0.15, 0.2) is 6.29 Å². The van der Waals surface area contributed by atoms with Crippen LogP contribution in [0.25, 0.3) is 0 Å². The number of nitrogens with one attached hydrogen (secondary N) is 1. The lowest BCUT2D eigenvalue weighted by Crippen LogP contribution is -2.60. The van der Waals surface area contributed by atoms with Crippen LogP contribution < -0.4 is 5.32 Å². The molecule has 0 aromatic heterocycles. The highest BCUT2D eigenvalue weighted by Crippen LogP contribution is 2.23. The fourth-order valence-electron chi connectivity index (χ4n) is 8.70. The first-order chi connectivity index (χ1) is 30.8. The van der Waals surface area contributed by atoms with Crippen LogP contribution >= 0.6 is 0 Å². The fourth-order valence-corrected chi connectivity index (χ4v) is 8.70. The first kappa shape index (κ1) is 59.7. The third-order valence-electron chi connectivity index (χ3n) is 13.0. The van der Waals surface area contributed by atoms with Crippen molar-refractivity contribution in [3.63, 3.8) is 0 Å². The van der Waals surface area contributed by atoms with E-state index in [0.29, 0.717) is 6.42 Å². The van der Waals surface area contributed by atoms with Gasteiger partial charge in [0, 0.05) is 6.42 Å². The van der Waals surface area contributed by atoms with E-state index in [9.17, 15) is 30.3 Å². The number of unbranched alkanes of at least 4 members (excludes halogenated alkanes) is 34. The summed E-state index contributed by atoms with van der Waals surface area (Å²) in [5.74, 6) is -0.183. The summed E-state index contributed by atoms with van der Waals surface area (Å²) in [4.78, 5) is 13.0. The zero-order valence-corrected chi connectivity index (χ0v) is 41.1. The van der Waals surface area contributed by atoms with Crippen LogP contribution in [0.5, 0.6) is 0 Å². The van der Waals surface area contributed by atoms with Gasteiger partial charge in [-0.3, -0.25) is 4.79 Å². The van der Waals surface area contributed by atoms with Crippen LogP contribution in [0, 0.1) is 0 Å². The van der Waals surface area contributed by atoms with Crippen LogP contribution in [-0.2, 0) is 14.3 Å². The summed E-state index contributed by atoms with van der Waals surface area (Å²) in [7, 11) is 0. The van der Waals surface area contributed by atoms with E-state index in [2.05, 4.69) is 31.3 Å². The standard InChI is InChI=1S/C54H103NO8/c1-3-5-7-9-11-13-15-17-19-20-21-22-23-24-25-26-27-28-30-31-33-35-37-39-41-43-48(57)47(46-62-54-53(61)52(60)51(59)49(45-56)63-54)55-50(58)44-42-40-38-36-34-32-29-18-16-14-12-10-8-6-4-2/h33,35,41,43,47-49,51-54,56-57,59-61H,3-32,34,36-40,42,44-46H2,1-2H3,(H,55,58)/b35-33+,43-41+. The maximum Gasteiger partial charge on any atom is 0.220 e. The fraction of sp³-hybridized carbons (Fsp3) is 0.907. The molecule has 0 bridgehead atoms. The number of carbonyl (C=O) groups is 1. The number of rotatable bonds is 46. The monoisotopic (exact) mass is 894 g/mol. The van der Waals surface area contributed by atoms with Crippen LogP contribution in [0.1, 0.15) is 258 Å². The van der Waals surface area contributed by atoms with Gasteiger partial charge < -0.3 is 40.3 Å². The molecule has 0 radical (unpaired) electrons. The summed E-state index contributed by atoms with van der Waals surface area (Å²) in [5.41, 5.74) is 0. The summed E-state index contributed by atoms with van der Waals surface area (Å²) >= 11 is 0. The third-order valence-corrected chi connectivity index (χ3v) is 13.0. The van der Waals surface area contributed by atoms with E-state index in [0.717, 1.165) is 38.5 Å². The molecular weight excluding hydrogens is 791 g/mol. The number of carbonyl (C=O) groups excluding carboxylic acids is 1. The van der Waals surface area contributed by atoms with Crippen molar-refractivity contribution in [1.29, 1.82) is 0 Å². The highest BCUT2D eigenvalue weighted by atomic mass is 16.7. The van der Waals surface area contributed by atoms with Crippen molar-refractivity contribution in [3.8, 4) is 0 Å². The molecule has 0 saturated carbocycles. The Morgan fingerprint density at radius 3 is 1.33 bits per heavy atom. The van der Waals surface area contributed by atoms with Crippen molar-refractivity contribution in [2.75, 3.05) is 13.2 Å². The average molecular weight is 894 g/mol. The third kappa shape index (κ3) is 34.6. The molecule has 0 aromatic rings. The minimum Gasteiger partial charge on any atom is -0.394 e. The molecule has 7 atom stereocenters. The van der Waals surface area contributed by atoms with E-state index in [-0.39, 0.29) is 12.5 Å². The molecule has 9 heteroatoms. The molecule has 1 heterocycles. The number of aliphatic hydroxyl groups is 5. The number of ether oxygens (including phenoxy) is 2. The summed E-state index contributed by atoms with van der Waals surface area (Å²) < 4.78 is 11.2. The number of hydrogen-bond acceptors (Lipinski definition) is 8. The van der Waals surface area contributed by atoms with Crippen LogP contribution in [-0.4, -0.2) is 87.5 Å². The Kier molecular flexibility index (Phi) is 42.2. The van der Waals surface area contributed by atoms with Gasteiger partial charge in [-0.1, -0.05) is 244 Å². The molecule has 63 heavy (non-hydrogen) atoms. The summed E-state index contributed by atoms with van der Waals surface area (Å²) in [6.45, 7) is 3.79. The maximum atomic E-state index is 13.0.